The molecule has 1 aliphatic heterocycles. The van der Waals surface area contributed by atoms with E-state index < -0.39 is 15.7 Å². The molecule has 2 aliphatic rings. The van der Waals surface area contributed by atoms with Crippen LogP contribution in [-0.4, -0.2) is 51.4 Å². The van der Waals surface area contributed by atoms with Crippen LogP contribution in [0.3, 0.4) is 0 Å². The lowest BCUT2D eigenvalue weighted by Crippen LogP contribution is -2.35. The number of nitrogens with zero attached hydrogens (tertiary/aromatic N) is 3. The number of sulfone groups is 1. The highest BCUT2D eigenvalue weighted by atomic mass is 32.2. The molecule has 174 valence electrons. The number of anilines is 1. The van der Waals surface area contributed by atoms with E-state index in [4.69, 9.17) is 9.47 Å². The number of benzene rings is 1. The maximum atomic E-state index is 14.0. The summed E-state index contributed by atoms with van der Waals surface area (Å²) in [5, 5.41) is 0. The van der Waals surface area contributed by atoms with Crippen LogP contribution in [0.5, 0.6) is 5.75 Å². The molecule has 2 heterocycles. The van der Waals surface area contributed by atoms with E-state index in [-0.39, 0.29) is 4.90 Å². The molecule has 1 saturated heterocycles. The molecular weight excluding hydrogens is 433 g/mol. The van der Waals surface area contributed by atoms with Gasteiger partial charge in [-0.1, -0.05) is 0 Å². The molecule has 1 aromatic heterocycles. The zero-order valence-electron chi connectivity index (χ0n) is 18.5. The number of piperidine rings is 1. The fourth-order valence-electron chi connectivity index (χ4n) is 4.66. The van der Waals surface area contributed by atoms with Crippen molar-refractivity contribution in [3.05, 3.63) is 42.0 Å². The van der Waals surface area contributed by atoms with E-state index in [0.29, 0.717) is 24.9 Å². The second-order valence-corrected chi connectivity index (χ2v) is 10.8. The van der Waals surface area contributed by atoms with Gasteiger partial charge in [-0.05, 0) is 55.6 Å². The molecule has 0 spiro atoms. The third-order valence-corrected chi connectivity index (χ3v) is 7.60. The van der Waals surface area contributed by atoms with Crippen molar-refractivity contribution in [2.75, 3.05) is 38.0 Å². The fourth-order valence-corrected chi connectivity index (χ4v) is 5.39. The van der Waals surface area contributed by atoms with Crippen LogP contribution in [0.2, 0.25) is 0 Å². The van der Waals surface area contributed by atoms with Gasteiger partial charge in [0, 0.05) is 50.5 Å². The van der Waals surface area contributed by atoms with Crippen LogP contribution in [0, 0.1) is 23.6 Å². The number of aromatic nitrogens is 2. The molecule has 0 bridgehead atoms. The summed E-state index contributed by atoms with van der Waals surface area (Å²) in [7, 11) is -1.91. The molecule has 1 aliphatic carbocycles. The molecular formula is C23H30FN3O4S. The SMILES string of the molecule is COCc1cnc(N2CCC([C@H]3C[C@@H]3CCOc3ccc(S(C)(=O)=O)c(F)c3)CC2)nc1. The van der Waals surface area contributed by atoms with Crippen molar-refractivity contribution >= 4 is 15.8 Å². The lowest BCUT2D eigenvalue weighted by molar-refractivity contribution is 0.184. The summed E-state index contributed by atoms with van der Waals surface area (Å²) in [5.41, 5.74) is 0.975. The van der Waals surface area contributed by atoms with Crippen molar-refractivity contribution < 1.29 is 22.3 Å². The molecule has 2 atom stereocenters. The minimum atomic E-state index is -3.57. The van der Waals surface area contributed by atoms with Crippen molar-refractivity contribution in [2.45, 2.75) is 37.2 Å². The molecule has 9 heteroatoms. The van der Waals surface area contributed by atoms with E-state index in [9.17, 15) is 12.8 Å². The Morgan fingerprint density at radius 1 is 1.19 bits per heavy atom. The van der Waals surface area contributed by atoms with Gasteiger partial charge in [-0.2, -0.15) is 0 Å². The lowest BCUT2D eigenvalue weighted by Gasteiger charge is -2.32. The molecule has 4 rings (SSSR count). The summed E-state index contributed by atoms with van der Waals surface area (Å²) in [6.45, 7) is 2.98. The monoisotopic (exact) mass is 463 g/mol. The van der Waals surface area contributed by atoms with Crippen molar-refractivity contribution in [3.8, 4) is 5.75 Å². The van der Waals surface area contributed by atoms with Crippen molar-refractivity contribution in [1.82, 2.24) is 9.97 Å². The zero-order chi connectivity index (χ0) is 22.7. The van der Waals surface area contributed by atoms with Gasteiger partial charge in [0.25, 0.3) is 0 Å². The van der Waals surface area contributed by atoms with Gasteiger partial charge in [0.2, 0.25) is 5.95 Å². The molecule has 0 unspecified atom stereocenters. The molecule has 0 radical (unpaired) electrons. The Bertz CT molecular complexity index is 1020. The number of hydrogen-bond donors (Lipinski definition) is 0. The standard InChI is InChI=1S/C23H30FN3O4S/c1-30-15-16-13-25-23(26-14-16)27-8-5-17(6-9-27)20-11-18(20)7-10-31-19-3-4-22(21(24)12-19)32(2,28)29/h3-4,12-14,17-18,20H,5-11,15H2,1-2H3/t18-,20+/m0/s1. The zero-order valence-corrected chi connectivity index (χ0v) is 19.4. The van der Waals surface area contributed by atoms with Gasteiger partial charge in [0.1, 0.15) is 16.5 Å². The first kappa shape index (κ1) is 22.9. The topological polar surface area (TPSA) is 81.6 Å². The smallest absolute Gasteiger partial charge is 0.225 e. The first-order valence-corrected chi connectivity index (χ1v) is 12.9. The fraction of sp³-hybridized carbons (Fsp3) is 0.565. The van der Waals surface area contributed by atoms with E-state index in [1.54, 1.807) is 7.11 Å². The van der Waals surface area contributed by atoms with Gasteiger partial charge in [0.15, 0.2) is 9.84 Å². The summed E-state index contributed by atoms with van der Waals surface area (Å²) >= 11 is 0. The first-order chi connectivity index (χ1) is 15.3. The molecule has 1 aromatic carbocycles. The number of ether oxygens (including phenoxy) is 2. The Morgan fingerprint density at radius 3 is 2.53 bits per heavy atom. The Hall–Kier alpha value is -2.26. The van der Waals surface area contributed by atoms with Crippen LogP contribution in [0.15, 0.2) is 35.5 Å². The Morgan fingerprint density at radius 2 is 1.91 bits per heavy atom. The normalized spacial score (nSPS) is 21.5. The third-order valence-electron chi connectivity index (χ3n) is 6.47. The maximum absolute atomic E-state index is 14.0. The molecule has 7 nitrogen and oxygen atoms in total. The summed E-state index contributed by atoms with van der Waals surface area (Å²) in [6.07, 6.45) is 9.09. The van der Waals surface area contributed by atoms with E-state index in [2.05, 4.69) is 14.9 Å². The maximum Gasteiger partial charge on any atom is 0.225 e. The van der Waals surface area contributed by atoms with Gasteiger partial charge in [-0.25, -0.2) is 22.8 Å². The van der Waals surface area contributed by atoms with Crippen LogP contribution < -0.4 is 9.64 Å². The largest absolute Gasteiger partial charge is 0.493 e. The van der Waals surface area contributed by atoms with Crippen LogP contribution in [0.25, 0.3) is 0 Å². The predicted octanol–water partition coefficient (Wildman–Crippen LogP) is 3.49. The minimum absolute atomic E-state index is 0.297. The van der Waals surface area contributed by atoms with Gasteiger partial charge >= 0.3 is 0 Å². The summed E-state index contributed by atoms with van der Waals surface area (Å²) in [4.78, 5) is 10.9. The highest BCUT2D eigenvalue weighted by molar-refractivity contribution is 7.90. The molecule has 0 amide bonds. The number of rotatable bonds is 9. The summed E-state index contributed by atoms with van der Waals surface area (Å²) < 4.78 is 47.8. The molecule has 2 fully saturated rings. The molecule has 2 aromatic rings. The van der Waals surface area contributed by atoms with Gasteiger partial charge in [0.05, 0.1) is 13.2 Å². The average molecular weight is 464 g/mol. The first-order valence-electron chi connectivity index (χ1n) is 11.0. The Balaban J connectivity index is 1.19. The van der Waals surface area contributed by atoms with E-state index >= 15 is 0 Å². The number of halogens is 1. The third kappa shape index (κ3) is 5.56. The molecule has 0 N–H and O–H groups in total. The van der Waals surface area contributed by atoms with Crippen LogP contribution in [0.4, 0.5) is 10.3 Å². The molecule has 1 saturated carbocycles. The quantitative estimate of drug-likeness (QED) is 0.563. The Kier molecular flexibility index (Phi) is 6.95. The Labute approximate surface area is 188 Å². The second kappa shape index (κ2) is 9.70. The van der Waals surface area contributed by atoms with Gasteiger partial charge in [-0.15, -0.1) is 0 Å². The minimum Gasteiger partial charge on any atom is -0.493 e. The van der Waals surface area contributed by atoms with Crippen molar-refractivity contribution in [3.63, 3.8) is 0 Å². The van der Waals surface area contributed by atoms with E-state index in [1.165, 1.54) is 18.6 Å². The summed E-state index contributed by atoms with van der Waals surface area (Å²) in [6, 6.07) is 3.94. The highest BCUT2D eigenvalue weighted by Crippen LogP contribution is 2.49. The van der Waals surface area contributed by atoms with Gasteiger partial charge in [-0.3, -0.25) is 0 Å². The average Bonchev–Trinajstić information content (AvgIpc) is 3.53. The van der Waals surface area contributed by atoms with Crippen LogP contribution in [0.1, 0.15) is 31.2 Å². The van der Waals surface area contributed by atoms with Crippen LogP contribution >= 0.6 is 0 Å². The van der Waals surface area contributed by atoms with E-state index in [1.807, 2.05) is 12.4 Å². The lowest BCUT2D eigenvalue weighted by atomic mass is 9.90. The number of methoxy groups -OCH3 is 1. The van der Waals surface area contributed by atoms with Gasteiger partial charge < -0.3 is 14.4 Å². The van der Waals surface area contributed by atoms with Crippen molar-refractivity contribution in [2.24, 2.45) is 17.8 Å². The number of hydrogen-bond acceptors (Lipinski definition) is 7. The highest BCUT2D eigenvalue weighted by Gasteiger charge is 2.43. The predicted molar refractivity (Wildman–Crippen MR) is 119 cm³/mol. The summed E-state index contributed by atoms with van der Waals surface area (Å²) in [5.74, 6) is 2.50. The molecule has 32 heavy (non-hydrogen) atoms. The van der Waals surface area contributed by atoms with E-state index in [0.717, 1.165) is 68.0 Å². The van der Waals surface area contributed by atoms with Crippen LogP contribution in [-0.2, 0) is 21.2 Å². The second-order valence-electron chi connectivity index (χ2n) is 8.81. The van der Waals surface area contributed by atoms with Crippen molar-refractivity contribution in [1.29, 1.82) is 0 Å².